The van der Waals surface area contributed by atoms with Gasteiger partial charge in [0.25, 0.3) is 0 Å². The number of halogens is 1. The van der Waals surface area contributed by atoms with Gasteiger partial charge in [0.15, 0.2) is 5.96 Å². The number of ether oxygens (including phenoxy) is 1. The van der Waals surface area contributed by atoms with E-state index in [0.29, 0.717) is 18.1 Å². The molecule has 0 aliphatic heterocycles. The Morgan fingerprint density at radius 3 is 2.91 bits per heavy atom. The summed E-state index contributed by atoms with van der Waals surface area (Å²) in [5.41, 5.74) is 1.20. The summed E-state index contributed by atoms with van der Waals surface area (Å²) in [6.45, 7) is 2.66. The predicted octanol–water partition coefficient (Wildman–Crippen LogP) is 1.80. The average molecular weight is 323 g/mol. The van der Waals surface area contributed by atoms with Crippen molar-refractivity contribution < 1.29 is 14.2 Å². The number of aliphatic hydroxyl groups is 1. The fourth-order valence-corrected chi connectivity index (χ4v) is 2.18. The van der Waals surface area contributed by atoms with E-state index in [1.54, 1.807) is 19.2 Å². The smallest absolute Gasteiger partial charge is 0.191 e. The fraction of sp³-hybridized carbons (Fsp3) is 0.588. The standard InChI is InChI=1S/C17H26FN3O2/c1-19-17(20-7-2-8-23-12-13-3-4-13)21-10-14-5-6-16(18)15(9-14)11-22/h5-6,9,13,22H,2-4,7-8,10-12H2,1H3,(H2,19,20,21). The molecule has 0 heterocycles. The zero-order valence-electron chi connectivity index (χ0n) is 13.6. The van der Waals surface area contributed by atoms with Gasteiger partial charge in [0, 0.05) is 38.9 Å². The highest BCUT2D eigenvalue weighted by molar-refractivity contribution is 5.79. The summed E-state index contributed by atoms with van der Waals surface area (Å²) in [7, 11) is 1.71. The molecule has 1 aromatic rings. The van der Waals surface area contributed by atoms with E-state index in [9.17, 15) is 4.39 Å². The molecule has 1 fully saturated rings. The molecule has 23 heavy (non-hydrogen) atoms. The number of aliphatic hydroxyl groups excluding tert-OH is 1. The van der Waals surface area contributed by atoms with E-state index in [1.807, 2.05) is 0 Å². The average Bonchev–Trinajstić information content (AvgIpc) is 3.39. The molecule has 0 bridgehead atoms. The van der Waals surface area contributed by atoms with Crippen LogP contribution in [0.25, 0.3) is 0 Å². The number of aliphatic imine (C=N–C) groups is 1. The second kappa shape index (κ2) is 9.47. The minimum atomic E-state index is -0.384. The predicted molar refractivity (Wildman–Crippen MR) is 88.7 cm³/mol. The first-order valence-corrected chi connectivity index (χ1v) is 8.13. The highest BCUT2D eigenvalue weighted by Gasteiger charge is 2.20. The molecule has 0 atom stereocenters. The van der Waals surface area contributed by atoms with Crippen LogP contribution in [0.1, 0.15) is 30.4 Å². The second-order valence-corrected chi connectivity index (χ2v) is 5.81. The normalized spacial score (nSPS) is 14.8. The van der Waals surface area contributed by atoms with Crippen LogP contribution in [0.2, 0.25) is 0 Å². The van der Waals surface area contributed by atoms with E-state index in [-0.39, 0.29) is 12.4 Å². The van der Waals surface area contributed by atoms with E-state index >= 15 is 0 Å². The largest absolute Gasteiger partial charge is 0.392 e. The molecule has 0 radical (unpaired) electrons. The van der Waals surface area contributed by atoms with Gasteiger partial charge in [-0.15, -0.1) is 0 Å². The first-order valence-electron chi connectivity index (χ1n) is 8.13. The van der Waals surface area contributed by atoms with E-state index in [4.69, 9.17) is 9.84 Å². The molecular weight excluding hydrogens is 297 g/mol. The van der Waals surface area contributed by atoms with Gasteiger partial charge in [-0.05, 0) is 42.9 Å². The van der Waals surface area contributed by atoms with E-state index in [0.717, 1.165) is 37.7 Å². The van der Waals surface area contributed by atoms with Gasteiger partial charge in [-0.2, -0.15) is 0 Å². The SMILES string of the molecule is CN=C(NCCCOCC1CC1)NCc1ccc(F)c(CO)c1. The van der Waals surface area contributed by atoms with Crippen molar-refractivity contribution in [2.24, 2.45) is 10.9 Å². The highest BCUT2D eigenvalue weighted by Crippen LogP contribution is 2.28. The molecule has 6 heteroatoms. The van der Waals surface area contributed by atoms with Crippen molar-refractivity contribution in [2.45, 2.75) is 32.4 Å². The Kier molecular flexibility index (Phi) is 7.29. The zero-order valence-corrected chi connectivity index (χ0v) is 13.6. The summed E-state index contributed by atoms with van der Waals surface area (Å²) >= 11 is 0. The fourth-order valence-electron chi connectivity index (χ4n) is 2.18. The third-order valence-electron chi connectivity index (χ3n) is 3.77. The summed E-state index contributed by atoms with van der Waals surface area (Å²) in [4.78, 5) is 4.15. The van der Waals surface area contributed by atoms with Crippen molar-refractivity contribution in [3.8, 4) is 0 Å². The Balaban J connectivity index is 1.63. The number of rotatable bonds is 9. The van der Waals surface area contributed by atoms with Gasteiger partial charge >= 0.3 is 0 Å². The molecule has 0 spiro atoms. The summed E-state index contributed by atoms with van der Waals surface area (Å²) in [6.07, 6.45) is 3.56. The molecule has 5 nitrogen and oxygen atoms in total. The highest BCUT2D eigenvalue weighted by atomic mass is 19.1. The topological polar surface area (TPSA) is 65.9 Å². The van der Waals surface area contributed by atoms with Gasteiger partial charge in [0.05, 0.1) is 6.61 Å². The van der Waals surface area contributed by atoms with Crippen molar-refractivity contribution in [3.63, 3.8) is 0 Å². The van der Waals surface area contributed by atoms with Gasteiger partial charge in [-0.1, -0.05) is 6.07 Å². The van der Waals surface area contributed by atoms with Gasteiger partial charge in [-0.3, -0.25) is 4.99 Å². The van der Waals surface area contributed by atoms with Crippen LogP contribution in [-0.4, -0.2) is 37.9 Å². The third-order valence-corrected chi connectivity index (χ3v) is 3.77. The van der Waals surface area contributed by atoms with E-state index in [1.165, 1.54) is 18.9 Å². The van der Waals surface area contributed by atoms with Crippen molar-refractivity contribution >= 4 is 5.96 Å². The van der Waals surface area contributed by atoms with Crippen LogP contribution in [0.5, 0.6) is 0 Å². The molecule has 1 aliphatic carbocycles. The van der Waals surface area contributed by atoms with Crippen LogP contribution in [0.3, 0.4) is 0 Å². The minimum absolute atomic E-state index is 0.298. The number of nitrogens with one attached hydrogen (secondary N) is 2. The van der Waals surface area contributed by atoms with Crippen LogP contribution < -0.4 is 10.6 Å². The van der Waals surface area contributed by atoms with Crippen molar-refractivity contribution in [2.75, 3.05) is 26.8 Å². The lowest BCUT2D eigenvalue weighted by Gasteiger charge is -2.12. The first-order chi connectivity index (χ1) is 11.2. The Morgan fingerprint density at radius 1 is 1.39 bits per heavy atom. The Bertz CT molecular complexity index is 519. The van der Waals surface area contributed by atoms with Crippen LogP contribution in [-0.2, 0) is 17.9 Å². The lowest BCUT2D eigenvalue weighted by Crippen LogP contribution is -2.37. The maximum absolute atomic E-state index is 13.3. The second-order valence-electron chi connectivity index (χ2n) is 5.81. The Hall–Kier alpha value is -1.66. The van der Waals surface area contributed by atoms with Gasteiger partial charge in [0.1, 0.15) is 5.82 Å². The summed E-state index contributed by atoms with van der Waals surface area (Å²) in [6, 6.07) is 4.72. The Morgan fingerprint density at radius 2 is 2.22 bits per heavy atom. The number of hydrogen-bond donors (Lipinski definition) is 3. The molecule has 1 aliphatic rings. The number of benzene rings is 1. The zero-order chi connectivity index (χ0) is 16.5. The van der Waals surface area contributed by atoms with Crippen molar-refractivity contribution in [1.29, 1.82) is 0 Å². The van der Waals surface area contributed by atoms with Crippen LogP contribution in [0.15, 0.2) is 23.2 Å². The molecule has 0 unspecified atom stereocenters. The molecule has 0 amide bonds. The van der Waals surface area contributed by atoms with Gasteiger partial charge < -0.3 is 20.5 Å². The van der Waals surface area contributed by atoms with Gasteiger partial charge in [0.2, 0.25) is 0 Å². The number of hydrogen-bond acceptors (Lipinski definition) is 3. The van der Waals surface area contributed by atoms with E-state index in [2.05, 4.69) is 15.6 Å². The van der Waals surface area contributed by atoms with Crippen LogP contribution in [0.4, 0.5) is 4.39 Å². The van der Waals surface area contributed by atoms with Crippen LogP contribution >= 0.6 is 0 Å². The minimum Gasteiger partial charge on any atom is -0.392 e. The molecule has 1 saturated carbocycles. The molecule has 0 saturated heterocycles. The van der Waals surface area contributed by atoms with Crippen LogP contribution in [0, 0.1) is 11.7 Å². The van der Waals surface area contributed by atoms with Crippen molar-refractivity contribution in [1.82, 2.24) is 10.6 Å². The quantitative estimate of drug-likeness (QED) is 0.368. The first kappa shape index (κ1) is 17.7. The maximum Gasteiger partial charge on any atom is 0.191 e. The van der Waals surface area contributed by atoms with E-state index < -0.39 is 0 Å². The number of nitrogens with zero attached hydrogens (tertiary/aromatic N) is 1. The van der Waals surface area contributed by atoms with Crippen molar-refractivity contribution in [3.05, 3.63) is 35.1 Å². The molecule has 2 rings (SSSR count). The molecule has 1 aromatic carbocycles. The lowest BCUT2D eigenvalue weighted by molar-refractivity contribution is 0.123. The monoisotopic (exact) mass is 323 g/mol. The number of guanidine groups is 1. The molecule has 0 aromatic heterocycles. The molecule has 128 valence electrons. The Labute approximate surface area is 137 Å². The summed E-state index contributed by atoms with van der Waals surface area (Å²) in [5.74, 6) is 1.11. The molecular formula is C17H26FN3O2. The lowest BCUT2D eigenvalue weighted by atomic mass is 10.1. The maximum atomic E-state index is 13.3. The third kappa shape index (κ3) is 6.54. The summed E-state index contributed by atoms with van der Waals surface area (Å²) < 4.78 is 18.9. The summed E-state index contributed by atoms with van der Waals surface area (Å²) in [5, 5.41) is 15.5. The van der Waals surface area contributed by atoms with Gasteiger partial charge in [-0.25, -0.2) is 4.39 Å². The molecule has 3 N–H and O–H groups in total.